The van der Waals surface area contributed by atoms with E-state index < -0.39 is 7.44 Å². The molecule has 0 radical (unpaired) electrons. The van der Waals surface area contributed by atoms with Crippen molar-refractivity contribution < 1.29 is 9.30 Å². The quantitative estimate of drug-likeness (QED) is 0.751. The molecule has 0 fully saturated rings. The van der Waals surface area contributed by atoms with E-state index in [2.05, 4.69) is 0 Å². The minimum absolute atomic E-state index is 0.771. The summed E-state index contributed by atoms with van der Waals surface area (Å²) < 4.78 is 21.4. The molecule has 0 unspecified atom stereocenters. The van der Waals surface area contributed by atoms with Gasteiger partial charge in [0.1, 0.15) is 5.75 Å². The van der Waals surface area contributed by atoms with Gasteiger partial charge in [0.25, 0.3) is 0 Å². The zero-order valence-corrected chi connectivity index (χ0v) is 11.4. The van der Waals surface area contributed by atoms with Gasteiger partial charge in [0.15, 0.2) is 0 Å². The molecule has 0 aliphatic rings. The number of hydrogen-bond acceptors (Lipinski definition) is 2. The molecule has 90 valence electrons. The lowest BCUT2D eigenvalue weighted by Gasteiger charge is -2.30. The smallest absolute Gasteiger partial charge is 0.244 e. The van der Waals surface area contributed by atoms with Crippen LogP contribution in [0.4, 0.5) is 0 Å². The predicted octanol–water partition coefficient (Wildman–Crippen LogP) is 1.64. The Labute approximate surface area is 97.3 Å². The molecule has 0 amide bonds. The average Bonchev–Trinajstić information content (AvgIpc) is 2.27. The number of hydrogen-bond donors (Lipinski definition) is 0. The van der Waals surface area contributed by atoms with Gasteiger partial charge < -0.3 is 4.74 Å². The average molecular weight is 242 g/mol. The van der Waals surface area contributed by atoms with Gasteiger partial charge in [-0.05, 0) is 52.5 Å². The molecule has 0 bridgehead atoms. The lowest BCUT2D eigenvalue weighted by atomic mass is 10.3. The van der Waals surface area contributed by atoms with Crippen LogP contribution in [0.2, 0.25) is 0 Å². The monoisotopic (exact) mass is 242 g/mol. The van der Waals surface area contributed by atoms with Gasteiger partial charge in [0.05, 0.1) is 7.11 Å². The van der Waals surface area contributed by atoms with Crippen LogP contribution in [0.3, 0.4) is 0 Å². The SMILES string of the molecule is COc1ccc(P(=O)(N(C)C)N(C)C)cc1. The highest BCUT2D eigenvalue weighted by Gasteiger charge is 2.30. The maximum absolute atomic E-state index is 12.8. The van der Waals surface area contributed by atoms with Crippen molar-refractivity contribution in [1.29, 1.82) is 0 Å². The molecule has 0 spiro atoms. The lowest BCUT2D eigenvalue weighted by molar-refractivity contribution is 0.415. The summed E-state index contributed by atoms with van der Waals surface area (Å²) in [6.45, 7) is 0. The van der Waals surface area contributed by atoms with Crippen LogP contribution < -0.4 is 10.0 Å². The highest BCUT2D eigenvalue weighted by Crippen LogP contribution is 2.48. The third-order valence-corrected chi connectivity index (χ3v) is 5.63. The van der Waals surface area contributed by atoms with Gasteiger partial charge in [-0.15, -0.1) is 0 Å². The Hall–Kier alpha value is -0.830. The fourth-order valence-electron chi connectivity index (χ4n) is 1.60. The summed E-state index contributed by atoms with van der Waals surface area (Å²) in [4.78, 5) is 0. The minimum Gasteiger partial charge on any atom is -0.497 e. The van der Waals surface area contributed by atoms with Crippen LogP contribution in [0.15, 0.2) is 24.3 Å². The molecule has 0 saturated heterocycles. The third-order valence-electron chi connectivity index (χ3n) is 2.49. The second-order valence-electron chi connectivity index (χ2n) is 3.94. The molecular weight excluding hydrogens is 223 g/mol. The molecule has 1 rings (SSSR count). The lowest BCUT2D eigenvalue weighted by Crippen LogP contribution is -2.28. The Bertz CT molecular complexity index is 375. The second-order valence-corrected chi connectivity index (χ2v) is 7.14. The van der Waals surface area contributed by atoms with E-state index in [9.17, 15) is 4.57 Å². The molecule has 0 aliphatic carbocycles. The molecule has 0 heterocycles. The van der Waals surface area contributed by atoms with Crippen molar-refractivity contribution in [3.63, 3.8) is 0 Å². The van der Waals surface area contributed by atoms with Crippen LogP contribution in [0.1, 0.15) is 0 Å². The standard InChI is InChI=1S/C11H19N2O2P/c1-12(2)16(14,13(3)4)11-8-6-10(15-5)7-9-11/h6-9H,1-5H3. The molecular formula is C11H19N2O2P. The zero-order chi connectivity index (χ0) is 12.3. The Morgan fingerprint density at radius 1 is 1.00 bits per heavy atom. The maximum Gasteiger partial charge on any atom is 0.244 e. The zero-order valence-electron chi connectivity index (χ0n) is 10.5. The summed E-state index contributed by atoms with van der Waals surface area (Å²) in [6.07, 6.45) is 0. The normalized spacial score (nSPS) is 12.2. The van der Waals surface area contributed by atoms with E-state index in [1.807, 2.05) is 52.5 Å². The molecule has 0 atom stereocenters. The molecule has 0 N–H and O–H groups in total. The first-order valence-corrected chi connectivity index (χ1v) is 6.64. The third kappa shape index (κ3) is 2.29. The number of nitrogens with zero attached hydrogens (tertiary/aromatic N) is 2. The highest BCUT2D eigenvalue weighted by atomic mass is 31.2. The fourth-order valence-corrected chi connectivity index (χ4v) is 3.77. The first-order valence-electron chi connectivity index (χ1n) is 5.03. The van der Waals surface area contributed by atoms with Crippen molar-refractivity contribution in [2.45, 2.75) is 0 Å². The van der Waals surface area contributed by atoms with Crippen LogP contribution in [0, 0.1) is 0 Å². The van der Waals surface area contributed by atoms with Crippen LogP contribution in [0.25, 0.3) is 0 Å². The van der Waals surface area contributed by atoms with Gasteiger partial charge in [-0.2, -0.15) is 0 Å². The Kier molecular flexibility index (Phi) is 4.14. The number of benzene rings is 1. The van der Waals surface area contributed by atoms with Crippen LogP contribution >= 0.6 is 7.44 Å². The van der Waals surface area contributed by atoms with E-state index in [0.29, 0.717) is 0 Å². The first kappa shape index (κ1) is 13.2. The molecule has 1 aromatic rings. The number of methoxy groups -OCH3 is 1. The van der Waals surface area contributed by atoms with Crippen molar-refractivity contribution in [1.82, 2.24) is 9.34 Å². The molecule has 4 nitrogen and oxygen atoms in total. The van der Waals surface area contributed by atoms with E-state index in [1.54, 1.807) is 16.5 Å². The van der Waals surface area contributed by atoms with Gasteiger partial charge in [0.2, 0.25) is 7.44 Å². The summed E-state index contributed by atoms with van der Waals surface area (Å²) in [6, 6.07) is 7.35. The van der Waals surface area contributed by atoms with Gasteiger partial charge in [-0.25, -0.2) is 9.34 Å². The van der Waals surface area contributed by atoms with E-state index in [-0.39, 0.29) is 0 Å². The van der Waals surface area contributed by atoms with Crippen LogP contribution in [-0.4, -0.2) is 44.6 Å². The predicted molar refractivity (Wildman–Crippen MR) is 67.6 cm³/mol. The van der Waals surface area contributed by atoms with Crippen LogP contribution in [0.5, 0.6) is 5.75 Å². The Morgan fingerprint density at radius 3 is 1.75 bits per heavy atom. The van der Waals surface area contributed by atoms with Crippen molar-refractivity contribution in [3.8, 4) is 5.75 Å². The molecule has 0 saturated carbocycles. The minimum atomic E-state index is -2.63. The summed E-state index contributed by atoms with van der Waals surface area (Å²) in [7, 11) is 6.28. The number of ether oxygens (including phenoxy) is 1. The summed E-state index contributed by atoms with van der Waals surface area (Å²) in [5, 5.41) is 0.809. The van der Waals surface area contributed by atoms with Gasteiger partial charge in [-0.1, -0.05) is 0 Å². The molecule has 5 heteroatoms. The Balaban J connectivity index is 3.18. The molecule has 0 aliphatic heterocycles. The van der Waals surface area contributed by atoms with Gasteiger partial charge in [0, 0.05) is 5.30 Å². The molecule has 1 aromatic carbocycles. The van der Waals surface area contributed by atoms with Crippen molar-refractivity contribution in [2.75, 3.05) is 35.3 Å². The second kappa shape index (κ2) is 5.00. The highest BCUT2D eigenvalue weighted by molar-refractivity contribution is 7.66. The van der Waals surface area contributed by atoms with E-state index in [4.69, 9.17) is 4.74 Å². The van der Waals surface area contributed by atoms with Crippen molar-refractivity contribution >= 4 is 12.7 Å². The molecule has 16 heavy (non-hydrogen) atoms. The number of rotatable bonds is 4. The maximum atomic E-state index is 12.8. The largest absolute Gasteiger partial charge is 0.497 e. The van der Waals surface area contributed by atoms with E-state index >= 15 is 0 Å². The van der Waals surface area contributed by atoms with Crippen molar-refractivity contribution in [2.24, 2.45) is 0 Å². The van der Waals surface area contributed by atoms with Crippen LogP contribution in [-0.2, 0) is 4.57 Å². The van der Waals surface area contributed by atoms with E-state index in [1.165, 1.54) is 0 Å². The summed E-state index contributed by atoms with van der Waals surface area (Å²) in [5.74, 6) is 0.771. The van der Waals surface area contributed by atoms with Crippen molar-refractivity contribution in [3.05, 3.63) is 24.3 Å². The topological polar surface area (TPSA) is 32.8 Å². The fraction of sp³-hybridized carbons (Fsp3) is 0.455. The van der Waals surface area contributed by atoms with Gasteiger partial charge >= 0.3 is 0 Å². The summed E-state index contributed by atoms with van der Waals surface area (Å²) in [5.41, 5.74) is 0. The van der Waals surface area contributed by atoms with E-state index in [0.717, 1.165) is 11.1 Å². The first-order chi connectivity index (χ1) is 7.42. The summed E-state index contributed by atoms with van der Waals surface area (Å²) >= 11 is 0. The van der Waals surface area contributed by atoms with Gasteiger partial charge in [-0.3, -0.25) is 4.57 Å². The Morgan fingerprint density at radius 2 is 1.44 bits per heavy atom. The molecule has 0 aromatic heterocycles.